The molecule has 1 N–H and O–H groups in total. The summed E-state index contributed by atoms with van der Waals surface area (Å²) < 4.78 is 16.2. The topological polar surface area (TPSA) is 55.3 Å². The first kappa shape index (κ1) is 17.7. The Hall–Kier alpha value is -2.11. The van der Waals surface area contributed by atoms with Gasteiger partial charge in [0.15, 0.2) is 17.5 Å². The van der Waals surface area contributed by atoms with Crippen molar-refractivity contribution in [2.24, 2.45) is 10.4 Å². The van der Waals surface area contributed by atoms with Gasteiger partial charge in [-0.1, -0.05) is 6.42 Å². The second-order valence-corrected chi connectivity index (χ2v) is 6.96. The van der Waals surface area contributed by atoms with Crippen LogP contribution < -0.4 is 19.5 Å². The van der Waals surface area contributed by atoms with Gasteiger partial charge in [0, 0.05) is 26.7 Å². The van der Waals surface area contributed by atoms with Crippen LogP contribution in [0.15, 0.2) is 17.1 Å². The average molecular weight is 347 g/mol. The molecular formula is C19H29N3O3. The molecule has 0 bridgehead atoms. The van der Waals surface area contributed by atoms with E-state index in [0.717, 1.165) is 24.6 Å². The minimum Gasteiger partial charge on any atom is -0.493 e. The highest BCUT2D eigenvalue weighted by molar-refractivity contribution is 5.80. The molecule has 1 heterocycles. The molecule has 1 spiro atoms. The number of likely N-dealkylation sites (tertiary alicyclic amines) is 1. The van der Waals surface area contributed by atoms with E-state index in [1.807, 2.05) is 19.2 Å². The summed E-state index contributed by atoms with van der Waals surface area (Å²) in [6, 6.07) is 3.94. The van der Waals surface area contributed by atoms with E-state index < -0.39 is 0 Å². The van der Waals surface area contributed by atoms with Crippen LogP contribution in [0.25, 0.3) is 0 Å². The third-order valence-electron chi connectivity index (χ3n) is 5.54. The lowest BCUT2D eigenvalue weighted by molar-refractivity contribution is 0.151. The van der Waals surface area contributed by atoms with E-state index >= 15 is 0 Å². The van der Waals surface area contributed by atoms with Crippen molar-refractivity contribution in [2.75, 3.05) is 41.5 Å². The monoisotopic (exact) mass is 347 g/mol. The summed E-state index contributed by atoms with van der Waals surface area (Å²) in [6.07, 6.45) is 5.41. The predicted molar refractivity (Wildman–Crippen MR) is 98.8 cm³/mol. The fraction of sp³-hybridized carbons (Fsp3) is 0.632. The van der Waals surface area contributed by atoms with Gasteiger partial charge >= 0.3 is 0 Å². The lowest BCUT2D eigenvalue weighted by atomic mass is 9.68. The highest BCUT2D eigenvalue weighted by Gasteiger charge is 2.43. The number of hydrogen-bond donors (Lipinski definition) is 1. The minimum absolute atomic E-state index is 0.560. The van der Waals surface area contributed by atoms with Crippen molar-refractivity contribution in [1.29, 1.82) is 0 Å². The van der Waals surface area contributed by atoms with Crippen LogP contribution in [0.2, 0.25) is 0 Å². The fourth-order valence-corrected chi connectivity index (χ4v) is 3.95. The van der Waals surface area contributed by atoms with Crippen LogP contribution in [0.4, 0.5) is 0 Å². The van der Waals surface area contributed by atoms with E-state index in [4.69, 9.17) is 14.2 Å². The van der Waals surface area contributed by atoms with Gasteiger partial charge in [0.25, 0.3) is 0 Å². The number of guanidine groups is 1. The quantitative estimate of drug-likeness (QED) is 0.655. The molecule has 1 aliphatic heterocycles. The predicted octanol–water partition coefficient (Wildman–Crippen LogP) is 2.66. The molecule has 0 aromatic heterocycles. The van der Waals surface area contributed by atoms with Crippen molar-refractivity contribution in [3.8, 4) is 17.2 Å². The van der Waals surface area contributed by atoms with Crippen molar-refractivity contribution in [2.45, 2.75) is 32.2 Å². The van der Waals surface area contributed by atoms with E-state index in [2.05, 4.69) is 15.2 Å². The lowest BCUT2D eigenvalue weighted by Crippen LogP contribution is -2.42. The summed E-state index contributed by atoms with van der Waals surface area (Å²) in [5, 5.41) is 3.48. The first-order valence-corrected chi connectivity index (χ1v) is 8.89. The molecule has 25 heavy (non-hydrogen) atoms. The van der Waals surface area contributed by atoms with Gasteiger partial charge in [-0.15, -0.1) is 0 Å². The maximum Gasteiger partial charge on any atom is 0.203 e. The number of ether oxygens (including phenoxy) is 3. The molecule has 6 nitrogen and oxygen atoms in total. The first-order chi connectivity index (χ1) is 12.1. The second-order valence-electron chi connectivity index (χ2n) is 6.96. The van der Waals surface area contributed by atoms with Gasteiger partial charge in [-0.25, -0.2) is 0 Å². The Bertz CT molecular complexity index is 616. The number of rotatable bonds is 5. The van der Waals surface area contributed by atoms with Crippen LogP contribution >= 0.6 is 0 Å². The SMILES string of the molecule is CN=C(NCc1cc(OC)c(OC)c(OC)c1)N1CCC2(CCC2)C1. The highest BCUT2D eigenvalue weighted by atomic mass is 16.5. The Morgan fingerprint density at radius 3 is 2.24 bits per heavy atom. The molecule has 0 unspecified atom stereocenters. The van der Waals surface area contributed by atoms with Crippen LogP contribution in [-0.4, -0.2) is 52.3 Å². The van der Waals surface area contributed by atoms with Crippen molar-refractivity contribution in [3.05, 3.63) is 17.7 Å². The summed E-state index contributed by atoms with van der Waals surface area (Å²) in [5.41, 5.74) is 1.62. The Balaban J connectivity index is 1.67. The summed E-state index contributed by atoms with van der Waals surface area (Å²) in [7, 11) is 6.73. The molecule has 0 amide bonds. The third-order valence-corrected chi connectivity index (χ3v) is 5.54. The third kappa shape index (κ3) is 3.48. The number of benzene rings is 1. The maximum atomic E-state index is 5.43. The summed E-state index contributed by atoms with van der Waals surface area (Å²) in [6.45, 7) is 2.88. The number of methoxy groups -OCH3 is 3. The van der Waals surface area contributed by atoms with Gasteiger partial charge in [0.2, 0.25) is 5.75 Å². The summed E-state index contributed by atoms with van der Waals surface area (Å²) in [5.74, 6) is 2.92. The molecule has 138 valence electrons. The average Bonchev–Trinajstić information content (AvgIpc) is 3.07. The molecule has 1 aliphatic carbocycles. The molecule has 1 saturated heterocycles. The number of hydrogen-bond acceptors (Lipinski definition) is 4. The van der Waals surface area contributed by atoms with Crippen molar-refractivity contribution >= 4 is 5.96 Å². The molecule has 0 radical (unpaired) electrons. The van der Waals surface area contributed by atoms with Gasteiger partial charge in [0.05, 0.1) is 21.3 Å². The van der Waals surface area contributed by atoms with Crippen molar-refractivity contribution in [3.63, 3.8) is 0 Å². The molecule has 1 aromatic carbocycles. The van der Waals surface area contributed by atoms with E-state index in [0.29, 0.717) is 29.2 Å². The van der Waals surface area contributed by atoms with E-state index in [9.17, 15) is 0 Å². The zero-order valence-electron chi connectivity index (χ0n) is 15.7. The molecule has 3 rings (SSSR count). The Kier molecular flexibility index (Phi) is 5.25. The second kappa shape index (κ2) is 7.42. The summed E-state index contributed by atoms with van der Waals surface area (Å²) in [4.78, 5) is 6.86. The van der Waals surface area contributed by atoms with Crippen LogP contribution in [0.3, 0.4) is 0 Å². The van der Waals surface area contributed by atoms with E-state index in [1.165, 1.54) is 25.7 Å². The highest BCUT2D eigenvalue weighted by Crippen LogP contribution is 2.47. The Labute approximate surface area is 150 Å². The van der Waals surface area contributed by atoms with Crippen molar-refractivity contribution in [1.82, 2.24) is 10.2 Å². The number of aliphatic imine (C=N–C) groups is 1. The van der Waals surface area contributed by atoms with Gasteiger partial charge in [0.1, 0.15) is 0 Å². The van der Waals surface area contributed by atoms with Crippen LogP contribution in [0, 0.1) is 5.41 Å². The van der Waals surface area contributed by atoms with Gasteiger partial charge in [-0.2, -0.15) is 0 Å². The standard InChI is InChI=1S/C19H29N3O3/c1-20-18(22-9-8-19(13-22)6-5-7-19)21-12-14-10-15(23-2)17(25-4)16(11-14)24-3/h10-11H,5-9,12-13H2,1-4H3,(H,20,21). The molecule has 1 saturated carbocycles. The van der Waals surface area contributed by atoms with E-state index in [-0.39, 0.29) is 0 Å². The summed E-state index contributed by atoms with van der Waals surface area (Å²) >= 11 is 0. The van der Waals surface area contributed by atoms with E-state index in [1.54, 1.807) is 21.3 Å². The largest absolute Gasteiger partial charge is 0.493 e. The van der Waals surface area contributed by atoms with Gasteiger partial charge in [-0.05, 0) is 42.4 Å². The van der Waals surface area contributed by atoms with Gasteiger partial charge in [-0.3, -0.25) is 4.99 Å². The first-order valence-electron chi connectivity index (χ1n) is 8.89. The Morgan fingerprint density at radius 2 is 1.80 bits per heavy atom. The van der Waals surface area contributed by atoms with Crippen LogP contribution in [0.5, 0.6) is 17.2 Å². The number of nitrogens with one attached hydrogen (secondary N) is 1. The smallest absolute Gasteiger partial charge is 0.203 e. The normalized spacial score (nSPS) is 18.9. The fourth-order valence-electron chi connectivity index (χ4n) is 3.95. The lowest BCUT2D eigenvalue weighted by Gasteiger charge is -2.38. The zero-order valence-corrected chi connectivity index (χ0v) is 15.7. The molecule has 1 aromatic rings. The molecular weight excluding hydrogens is 318 g/mol. The molecule has 6 heteroatoms. The van der Waals surface area contributed by atoms with Gasteiger partial charge < -0.3 is 24.4 Å². The van der Waals surface area contributed by atoms with Crippen molar-refractivity contribution < 1.29 is 14.2 Å². The zero-order chi connectivity index (χ0) is 17.9. The molecule has 2 aliphatic rings. The minimum atomic E-state index is 0.560. The molecule has 0 atom stereocenters. The van der Waals surface area contributed by atoms with Crippen LogP contribution in [0.1, 0.15) is 31.2 Å². The van der Waals surface area contributed by atoms with Crippen LogP contribution in [-0.2, 0) is 6.54 Å². The number of nitrogens with zero attached hydrogens (tertiary/aromatic N) is 2. The molecule has 2 fully saturated rings. The maximum absolute atomic E-state index is 5.43. The Morgan fingerprint density at radius 1 is 1.12 bits per heavy atom.